The van der Waals surface area contributed by atoms with Crippen molar-refractivity contribution >= 4 is 5.78 Å². The third-order valence-corrected chi connectivity index (χ3v) is 2.39. The fourth-order valence-corrected chi connectivity index (χ4v) is 1.55. The van der Waals surface area contributed by atoms with Gasteiger partial charge in [-0.15, -0.1) is 0 Å². The Morgan fingerprint density at radius 2 is 1.93 bits per heavy atom. The summed E-state index contributed by atoms with van der Waals surface area (Å²) < 4.78 is 12.7. The van der Waals surface area contributed by atoms with E-state index in [1.54, 1.807) is 24.3 Å². The Balaban J connectivity index is 1.99. The van der Waals surface area contributed by atoms with E-state index in [1.807, 2.05) is 6.07 Å². The van der Waals surface area contributed by atoms with Crippen LogP contribution in [0.1, 0.15) is 16.1 Å². The van der Waals surface area contributed by atoms with Gasteiger partial charge in [0.25, 0.3) is 0 Å². The summed E-state index contributed by atoms with van der Waals surface area (Å²) in [5.41, 5.74) is 1.97. The summed E-state index contributed by atoms with van der Waals surface area (Å²) in [6.45, 7) is 0. The summed E-state index contributed by atoms with van der Waals surface area (Å²) in [7, 11) is 0. The van der Waals surface area contributed by atoms with Crippen LogP contribution in [0.4, 0.5) is 4.39 Å². The number of carbonyl (C=O) groups excluding carboxylic acids is 1. The highest BCUT2D eigenvalue weighted by Gasteiger charge is 2.37. The summed E-state index contributed by atoms with van der Waals surface area (Å²) in [5, 5.41) is 0. The van der Waals surface area contributed by atoms with Gasteiger partial charge in [0.05, 0.1) is 17.0 Å². The SMILES string of the molecule is O=C(c1ccccc1)c1[nH]c2c(F)c1-2. The first-order valence-corrected chi connectivity index (χ1v) is 4.30. The zero-order valence-corrected chi connectivity index (χ0v) is 7.17. The summed E-state index contributed by atoms with van der Waals surface area (Å²) in [5.74, 6) is -0.402. The van der Waals surface area contributed by atoms with Crippen LogP contribution in [-0.2, 0) is 0 Å². The minimum Gasteiger partial charge on any atom is -0.349 e. The molecule has 0 fully saturated rings. The lowest BCUT2D eigenvalue weighted by atomic mass is 10.1. The van der Waals surface area contributed by atoms with E-state index in [0.29, 0.717) is 22.5 Å². The molecule has 1 heterocycles. The number of hydrogen-bond acceptors (Lipinski definition) is 1. The van der Waals surface area contributed by atoms with E-state index in [2.05, 4.69) is 4.98 Å². The molecule has 14 heavy (non-hydrogen) atoms. The van der Waals surface area contributed by atoms with Crippen LogP contribution in [0.25, 0.3) is 11.3 Å². The standard InChI is InChI=1S/C11H6FNO/c12-8-7-9(8)13-10(7)11(14)6-4-2-1-3-5-6/h1-5,13H. The van der Waals surface area contributed by atoms with Gasteiger partial charge in [-0.05, 0) is 0 Å². The molecule has 0 aromatic heterocycles. The fourth-order valence-electron chi connectivity index (χ4n) is 1.55. The van der Waals surface area contributed by atoms with Crippen molar-refractivity contribution in [2.75, 3.05) is 0 Å². The van der Waals surface area contributed by atoms with Crippen LogP contribution in [0.5, 0.6) is 0 Å². The van der Waals surface area contributed by atoms with Crippen LogP contribution in [0.2, 0.25) is 0 Å². The lowest BCUT2D eigenvalue weighted by Gasteiger charge is -2.03. The molecule has 3 heteroatoms. The molecule has 1 aromatic rings. The van der Waals surface area contributed by atoms with Crippen molar-refractivity contribution in [1.29, 1.82) is 0 Å². The molecule has 0 spiro atoms. The first kappa shape index (κ1) is 7.50. The van der Waals surface area contributed by atoms with Crippen molar-refractivity contribution < 1.29 is 9.18 Å². The smallest absolute Gasteiger partial charge is 0.209 e. The van der Waals surface area contributed by atoms with Crippen molar-refractivity contribution in [2.45, 2.75) is 0 Å². The van der Waals surface area contributed by atoms with Crippen molar-refractivity contribution in [3.8, 4) is 11.3 Å². The molecule has 2 nitrogen and oxygen atoms in total. The molecular weight excluding hydrogens is 181 g/mol. The maximum atomic E-state index is 12.7. The van der Waals surface area contributed by atoms with Gasteiger partial charge in [-0.2, -0.15) is 0 Å². The predicted octanol–water partition coefficient (Wildman–Crippen LogP) is 2.37. The first-order chi connectivity index (χ1) is 6.79. The van der Waals surface area contributed by atoms with Crippen molar-refractivity contribution in [3.63, 3.8) is 0 Å². The van der Waals surface area contributed by atoms with Crippen molar-refractivity contribution in [2.24, 2.45) is 0 Å². The third kappa shape index (κ3) is 0.812. The summed E-state index contributed by atoms with van der Waals surface area (Å²) >= 11 is 0. The van der Waals surface area contributed by atoms with Crippen LogP contribution >= 0.6 is 0 Å². The number of halogens is 1. The number of fused-ring (bicyclic) bond motifs is 1. The van der Waals surface area contributed by atoms with E-state index in [4.69, 9.17) is 0 Å². The number of nitrogens with one attached hydrogen (secondary N) is 1. The monoisotopic (exact) mass is 187 g/mol. The maximum absolute atomic E-state index is 12.7. The topological polar surface area (TPSA) is 32.9 Å². The molecule has 1 N–H and O–H groups in total. The van der Waals surface area contributed by atoms with Crippen LogP contribution in [0, 0.1) is 5.82 Å². The second kappa shape index (κ2) is 2.32. The van der Waals surface area contributed by atoms with Gasteiger partial charge in [-0.25, -0.2) is 4.39 Å². The van der Waals surface area contributed by atoms with Crippen molar-refractivity contribution in [1.82, 2.24) is 4.98 Å². The van der Waals surface area contributed by atoms with E-state index >= 15 is 0 Å². The fraction of sp³-hybridized carbons (Fsp3) is 0. The van der Waals surface area contributed by atoms with Gasteiger partial charge in [0, 0.05) is 5.56 Å². The molecule has 1 aliphatic carbocycles. The zero-order chi connectivity index (χ0) is 9.71. The number of H-pyrrole nitrogens is 1. The number of aromatic nitrogens is 1. The minimum absolute atomic E-state index is 0.142. The molecule has 0 bridgehead atoms. The largest absolute Gasteiger partial charge is 0.349 e. The average molecular weight is 187 g/mol. The van der Waals surface area contributed by atoms with E-state index in [9.17, 15) is 9.18 Å². The van der Waals surface area contributed by atoms with Crippen LogP contribution in [-0.4, -0.2) is 10.8 Å². The number of benzene rings is 1. The molecule has 3 rings (SSSR count). The molecule has 0 radical (unpaired) electrons. The second-order valence-electron chi connectivity index (χ2n) is 3.26. The maximum Gasteiger partial charge on any atom is 0.209 e. The lowest BCUT2D eigenvalue weighted by molar-refractivity contribution is 0.103. The summed E-state index contributed by atoms with van der Waals surface area (Å²) in [6.07, 6.45) is 0. The average Bonchev–Trinajstić information content (AvgIpc) is 2.67. The van der Waals surface area contributed by atoms with E-state index in [-0.39, 0.29) is 11.6 Å². The second-order valence-corrected chi connectivity index (χ2v) is 3.26. The van der Waals surface area contributed by atoms with Crippen molar-refractivity contribution in [3.05, 3.63) is 47.4 Å². The van der Waals surface area contributed by atoms with E-state index in [0.717, 1.165) is 0 Å². The Bertz CT molecular complexity index is 528. The molecule has 2 aliphatic rings. The Labute approximate surface area is 79.4 Å². The van der Waals surface area contributed by atoms with E-state index < -0.39 is 0 Å². The highest BCUT2D eigenvalue weighted by Crippen LogP contribution is 2.45. The highest BCUT2D eigenvalue weighted by atomic mass is 19.1. The summed E-state index contributed by atoms with van der Waals surface area (Å²) in [4.78, 5) is 14.4. The molecule has 68 valence electrons. The van der Waals surface area contributed by atoms with Gasteiger partial charge in [-0.1, -0.05) is 30.3 Å². The molecule has 0 saturated carbocycles. The normalized spacial score (nSPS) is 11.5. The Morgan fingerprint density at radius 3 is 2.43 bits per heavy atom. The van der Waals surface area contributed by atoms with Gasteiger partial charge in [0.15, 0.2) is 5.82 Å². The van der Waals surface area contributed by atoms with Crippen LogP contribution in [0.15, 0.2) is 30.3 Å². The van der Waals surface area contributed by atoms with Crippen LogP contribution < -0.4 is 0 Å². The predicted molar refractivity (Wildman–Crippen MR) is 49.6 cm³/mol. The van der Waals surface area contributed by atoms with Gasteiger partial charge in [0.2, 0.25) is 5.78 Å². The number of ketones is 1. The molecule has 0 amide bonds. The highest BCUT2D eigenvalue weighted by molar-refractivity contribution is 6.16. The minimum atomic E-state index is -0.260. The zero-order valence-electron chi connectivity index (χ0n) is 7.17. The van der Waals surface area contributed by atoms with Gasteiger partial charge >= 0.3 is 0 Å². The number of aromatic amines is 1. The third-order valence-electron chi connectivity index (χ3n) is 2.39. The van der Waals surface area contributed by atoms with Gasteiger partial charge in [0.1, 0.15) is 0 Å². The lowest BCUT2D eigenvalue weighted by Crippen LogP contribution is -2.06. The number of rotatable bonds is 2. The van der Waals surface area contributed by atoms with Crippen LogP contribution in [0.3, 0.4) is 0 Å². The molecule has 0 unspecified atom stereocenters. The number of hydrogen-bond donors (Lipinski definition) is 1. The van der Waals surface area contributed by atoms with Gasteiger partial charge < -0.3 is 4.98 Å². The van der Waals surface area contributed by atoms with Gasteiger partial charge in [-0.3, -0.25) is 4.79 Å². The molecule has 1 aromatic carbocycles. The first-order valence-electron chi connectivity index (χ1n) is 4.30. The molecule has 0 atom stereocenters. The molecule has 0 saturated heterocycles. The Kier molecular flexibility index (Phi) is 1.24. The Morgan fingerprint density at radius 1 is 1.21 bits per heavy atom. The number of carbonyl (C=O) groups is 1. The van der Waals surface area contributed by atoms with E-state index in [1.165, 1.54) is 0 Å². The Hall–Kier alpha value is -1.90. The quantitative estimate of drug-likeness (QED) is 0.614. The molecular formula is C11H6FNO. The molecule has 1 aliphatic heterocycles. The summed E-state index contributed by atoms with van der Waals surface area (Å²) in [6, 6.07) is 8.85.